The van der Waals surface area contributed by atoms with Crippen molar-refractivity contribution in [1.29, 1.82) is 0 Å². The second-order valence-electron chi connectivity index (χ2n) is 6.61. The van der Waals surface area contributed by atoms with Crippen LogP contribution in [0, 0.1) is 10.1 Å². The fourth-order valence-corrected chi connectivity index (χ4v) is 3.47. The van der Waals surface area contributed by atoms with E-state index in [0.29, 0.717) is 0 Å². The van der Waals surface area contributed by atoms with Gasteiger partial charge in [0, 0.05) is 6.42 Å². The molecular weight excluding hydrogens is 390 g/mol. The van der Waals surface area contributed by atoms with Crippen LogP contribution in [0.5, 0.6) is 5.75 Å². The number of nitrogens with one attached hydrogen (secondary N) is 2. The van der Waals surface area contributed by atoms with E-state index in [-0.39, 0.29) is 29.6 Å². The first kappa shape index (κ1) is 21.6. The SMILES string of the molecule is CCC(=O)C(=O)Nc1cc(NS(C)(=O)=O)c(OC2CCCCC2)cc1[N+](=O)[O-]. The number of nitrogens with zero attached hydrogens (tertiary/aromatic N) is 1. The van der Waals surface area contributed by atoms with Crippen LogP contribution in [0.1, 0.15) is 45.4 Å². The van der Waals surface area contributed by atoms with Gasteiger partial charge in [-0.15, -0.1) is 0 Å². The summed E-state index contributed by atoms with van der Waals surface area (Å²) in [7, 11) is -3.72. The summed E-state index contributed by atoms with van der Waals surface area (Å²) in [5.74, 6) is -1.77. The van der Waals surface area contributed by atoms with E-state index in [9.17, 15) is 28.1 Å². The Morgan fingerprint density at radius 1 is 1.21 bits per heavy atom. The molecule has 0 spiro atoms. The van der Waals surface area contributed by atoms with Crippen molar-refractivity contribution in [2.75, 3.05) is 16.3 Å². The zero-order valence-electron chi connectivity index (χ0n) is 15.7. The summed E-state index contributed by atoms with van der Waals surface area (Å²) in [4.78, 5) is 34.1. The summed E-state index contributed by atoms with van der Waals surface area (Å²) < 4.78 is 31.5. The molecule has 0 heterocycles. The first-order valence-electron chi connectivity index (χ1n) is 8.91. The molecule has 1 aliphatic rings. The molecule has 0 radical (unpaired) electrons. The molecule has 0 aliphatic heterocycles. The largest absolute Gasteiger partial charge is 0.488 e. The quantitative estimate of drug-likeness (QED) is 0.378. The fraction of sp³-hybridized carbons (Fsp3) is 0.529. The number of rotatable bonds is 8. The minimum atomic E-state index is -3.72. The highest BCUT2D eigenvalue weighted by Gasteiger charge is 2.25. The van der Waals surface area contributed by atoms with Crippen LogP contribution in [0.2, 0.25) is 0 Å². The Kier molecular flexibility index (Phi) is 6.95. The monoisotopic (exact) mass is 413 g/mol. The molecule has 2 rings (SSSR count). The Morgan fingerprint density at radius 3 is 2.39 bits per heavy atom. The van der Waals surface area contributed by atoms with Gasteiger partial charge in [0.1, 0.15) is 5.69 Å². The van der Waals surface area contributed by atoms with Crippen molar-refractivity contribution in [1.82, 2.24) is 0 Å². The van der Waals surface area contributed by atoms with Gasteiger partial charge in [0.25, 0.3) is 11.6 Å². The van der Waals surface area contributed by atoms with E-state index in [2.05, 4.69) is 10.0 Å². The zero-order valence-corrected chi connectivity index (χ0v) is 16.5. The standard InChI is InChI=1S/C17H23N3O7S/c1-3-15(21)17(22)18-12-9-13(19-28(2,25)26)16(10-14(12)20(23)24)27-11-7-5-4-6-8-11/h9-11,19H,3-8H2,1-2H3,(H,18,22). The Labute approximate surface area is 162 Å². The van der Waals surface area contributed by atoms with Crippen LogP contribution >= 0.6 is 0 Å². The van der Waals surface area contributed by atoms with Crippen LogP contribution in [0.15, 0.2) is 12.1 Å². The maximum absolute atomic E-state index is 11.9. The number of nitro groups is 1. The lowest BCUT2D eigenvalue weighted by atomic mass is 9.98. The van der Waals surface area contributed by atoms with Gasteiger partial charge >= 0.3 is 0 Å². The molecule has 0 unspecified atom stereocenters. The molecule has 154 valence electrons. The van der Waals surface area contributed by atoms with Crippen LogP contribution in [0.3, 0.4) is 0 Å². The summed E-state index contributed by atoms with van der Waals surface area (Å²) in [6.45, 7) is 1.48. The number of benzene rings is 1. The topological polar surface area (TPSA) is 145 Å². The number of hydrogen-bond donors (Lipinski definition) is 2. The first-order chi connectivity index (χ1) is 13.1. The van der Waals surface area contributed by atoms with E-state index >= 15 is 0 Å². The average Bonchev–Trinajstić information content (AvgIpc) is 2.62. The maximum Gasteiger partial charge on any atom is 0.296 e. The van der Waals surface area contributed by atoms with Crippen molar-refractivity contribution in [2.45, 2.75) is 51.6 Å². The number of Topliss-reactive ketones (excluding diaryl/α,β-unsaturated/α-hetero) is 1. The summed E-state index contributed by atoms with van der Waals surface area (Å²) in [6.07, 6.45) is 5.17. The molecule has 10 nitrogen and oxygen atoms in total. The maximum atomic E-state index is 11.9. The molecule has 1 aromatic carbocycles. The fourth-order valence-electron chi connectivity index (χ4n) is 2.91. The number of amides is 1. The molecule has 1 aromatic rings. The van der Waals surface area contributed by atoms with E-state index in [1.54, 1.807) is 0 Å². The van der Waals surface area contributed by atoms with Gasteiger partial charge in [-0.1, -0.05) is 13.3 Å². The number of carbonyl (C=O) groups is 2. The smallest absolute Gasteiger partial charge is 0.296 e. The zero-order chi connectivity index (χ0) is 20.9. The first-order valence-corrected chi connectivity index (χ1v) is 10.8. The second kappa shape index (κ2) is 9.00. The summed E-state index contributed by atoms with van der Waals surface area (Å²) in [6, 6.07) is 2.16. The molecule has 1 aliphatic carbocycles. The van der Waals surface area contributed by atoms with Gasteiger partial charge in [-0.3, -0.25) is 24.4 Å². The van der Waals surface area contributed by atoms with Gasteiger partial charge in [0.15, 0.2) is 5.75 Å². The lowest BCUT2D eigenvalue weighted by molar-refractivity contribution is -0.384. The Bertz CT molecular complexity index is 877. The molecule has 1 fully saturated rings. The van der Waals surface area contributed by atoms with Crippen molar-refractivity contribution in [2.24, 2.45) is 0 Å². The van der Waals surface area contributed by atoms with E-state index in [1.165, 1.54) is 6.92 Å². The number of nitro benzene ring substituents is 1. The van der Waals surface area contributed by atoms with E-state index in [1.807, 2.05) is 0 Å². The molecule has 1 amide bonds. The summed E-state index contributed by atoms with van der Waals surface area (Å²) >= 11 is 0. The molecule has 1 saturated carbocycles. The minimum absolute atomic E-state index is 0.00356. The molecule has 0 aromatic heterocycles. The van der Waals surface area contributed by atoms with Gasteiger partial charge in [-0.25, -0.2) is 8.42 Å². The number of hydrogen-bond acceptors (Lipinski definition) is 7. The van der Waals surface area contributed by atoms with Crippen LogP contribution in [-0.2, 0) is 19.6 Å². The van der Waals surface area contributed by atoms with Crippen molar-refractivity contribution >= 4 is 38.8 Å². The predicted octanol–water partition coefficient (Wildman–Crippen LogP) is 2.60. The highest BCUT2D eigenvalue weighted by Crippen LogP contribution is 2.38. The highest BCUT2D eigenvalue weighted by atomic mass is 32.2. The van der Waals surface area contributed by atoms with Gasteiger partial charge in [0.2, 0.25) is 15.8 Å². The van der Waals surface area contributed by atoms with Crippen molar-refractivity contribution in [3.8, 4) is 5.75 Å². The summed E-state index contributed by atoms with van der Waals surface area (Å²) in [5.41, 5.74) is -0.834. The molecule has 0 saturated heterocycles. The van der Waals surface area contributed by atoms with Crippen molar-refractivity contribution < 1.29 is 27.7 Å². The second-order valence-corrected chi connectivity index (χ2v) is 8.35. The van der Waals surface area contributed by atoms with Crippen LogP contribution < -0.4 is 14.8 Å². The minimum Gasteiger partial charge on any atom is -0.488 e. The lowest BCUT2D eigenvalue weighted by Gasteiger charge is -2.24. The van der Waals surface area contributed by atoms with Gasteiger partial charge < -0.3 is 10.1 Å². The molecule has 2 N–H and O–H groups in total. The van der Waals surface area contributed by atoms with Gasteiger partial charge in [-0.2, -0.15) is 0 Å². The summed E-state index contributed by atoms with van der Waals surface area (Å²) in [5, 5.41) is 13.6. The number of ketones is 1. The van der Waals surface area contributed by atoms with Crippen molar-refractivity contribution in [3.05, 3.63) is 22.2 Å². The van der Waals surface area contributed by atoms with Gasteiger partial charge in [-0.05, 0) is 31.7 Å². The van der Waals surface area contributed by atoms with E-state index in [0.717, 1.165) is 50.5 Å². The lowest BCUT2D eigenvalue weighted by Crippen LogP contribution is -2.23. The number of anilines is 2. The normalized spacial score (nSPS) is 14.9. The molecule has 28 heavy (non-hydrogen) atoms. The van der Waals surface area contributed by atoms with Crippen LogP contribution in [0.25, 0.3) is 0 Å². The van der Waals surface area contributed by atoms with Crippen molar-refractivity contribution in [3.63, 3.8) is 0 Å². The van der Waals surface area contributed by atoms with E-state index < -0.39 is 32.3 Å². The number of ether oxygens (including phenoxy) is 1. The Balaban J connectivity index is 2.47. The third-order valence-electron chi connectivity index (χ3n) is 4.26. The van der Waals surface area contributed by atoms with E-state index in [4.69, 9.17) is 4.74 Å². The molecule has 11 heteroatoms. The molecule has 0 atom stereocenters. The predicted molar refractivity (Wildman–Crippen MR) is 103 cm³/mol. The Hall–Kier alpha value is -2.69. The average molecular weight is 413 g/mol. The highest BCUT2D eigenvalue weighted by molar-refractivity contribution is 7.92. The van der Waals surface area contributed by atoms with Crippen LogP contribution in [-0.4, -0.2) is 37.4 Å². The van der Waals surface area contributed by atoms with Gasteiger partial charge in [0.05, 0.1) is 29.0 Å². The third kappa shape index (κ3) is 5.91. The van der Waals surface area contributed by atoms with Crippen LogP contribution in [0.4, 0.5) is 17.1 Å². The Morgan fingerprint density at radius 2 is 1.86 bits per heavy atom. The number of sulfonamides is 1. The third-order valence-corrected chi connectivity index (χ3v) is 4.85. The number of carbonyl (C=O) groups excluding carboxylic acids is 2. The molecule has 0 bridgehead atoms. The molecular formula is C17H23N3O7S.